The Balaban J connectivity index is 0.000000168. The van der Waals surface area contributed by atoms with E-state index in [0.717, 1.165) is 34.9 Å². The molecule has 1 aliphatic rings. The molecule has 1 fully saturated rings. The van der Waals surface area contributed by atoms with Crippen LogP contribution in [0.4, 0.5) is 13.2 Å². The van der Waals surface area contributed by atoms with Gasteiger partial charge in [0, 0.05) is 40.2 Å². The number of nitrogens with two attached hydrogens (primary N) is 1. The molecule has 2 N–H and O–H groups in total. The van der Waals surface area contributed by atoms with E-state index in [9.17, 15) is 18.0 Å². The third-order valence-corrected chi connectivity index (χ3v) is 7.13. The molecule has 6 nitrogen and oxygen atoms in total. The number of amides is 1. The molecule has 0 bridgehead atoms. The maximum Gasteiger partial charge on any atom is 0.387 e. The van der Waals surface area contributed by atoms with Gasteiger partial charge in [-0.3, -0.25) is 9.78 Å². The van der Waals surface area contributed by atoms with Crippen LogP contribution in [0.1, 0.15) is 23.2 Å². The fourth-order valence-corrected chi connectivity index (χ4v) is 4.93. The van der Waals surface area contributed by atoms with E-state index in [1.165, 1.54) is 55.6 Å². The zero-order chi connectivity index (χ0) is 29.8. The van der Waals surface area contributed by atoms with Crippen LogP contribution in [0.15, 0.2) is 85.3 Å². The third kappa shape index (κ3) is 6.80. The molecule has 5 aromatic rings. The van der Waals surface area contributed by atoms with E-state index < -0.39 is 12.5 Å². The second-order valence-corrected chi connectivity index (χ2v) is 10.4. The molecule has 11 heteroatoms. The molecule has 0 aliphatic heterocycles. The van der Waals surface area contributed by atoms with Crippen molar-refractivity contribution < 1.29 is 27.4 Å². The number of carbonyl (C=O) groups excluding carboxylic acids is 1. The van der Waals surface area contributed by atoms with Crippen molar-refractivity contribution in [2.75, 3.05) is 6.61 Å². The Kier molecular flexibility index (Phi) is 8.89. The Bertz CT molecular complexity index is 1700. The van der Waals surface area contributed by atoms with Crippen molar-refractivity contribution in [1.82, 2.24) is 9.55 Å². The van der Waals surface area contributed by atoms with Crippen molar-refractivity contribution in [3.63, 3.8) is 0 Å². The number of pyridine rings is 1. The lowest BCUT2D eigenvalue weighted by atomic mass is 9.99. The number of nitrogens with zero attached hydrogens (tertiary/aromatic N) is 2. The quantitative estimate of drug-likeness (QED) is 0.191. The van der Waals surface area contributed by atoms with Crippen molar-refractivity contribution >= 4 is 40.0 Å². The smallest absolute Gasteiger partial charge is 0.387 e. The fourth-order valence-electron chi connectivity index (χ4n) is 4.36. The van der Waals surface area contributed by atoms with Crippen molar-refractivity contribution in [3.05, 3.63) is 107 Å². The molecule has 0 radical (unpaired) electrons. The van der Waals surface area contributed by atoms with E-state index >= 15 is 0 Å². The van der Waals surface area contributed by atoms with E-state index in [1.807, 2.05) is 18.3 Å². The third-order valence-electron chi connectivity index (χ3n) is 6.56. The molecule has 0 unspecified atom stereocenters. The summed E-state index contributed by atoms with van der Waals surface area (Å²) in [7, 11) is 0. The minimum Gasteiger partial charge on any atom is -0.491 e. The van der Waals surface area contributed by atoms with Gasteiger partial charge in [-0.25, -0.2) is 4.39 Å². The highest BCUT2D eigenvalue weighted by Crippen LogP contribution is 2.38. The highest BCUT2D eigenvalue weighted by Gasteiger charge is 2.23. The number of benzene rings is 3. The lowest BCUT2D eigenvalue weighted by Crippen LogP contribution is -2.13. The molecular formula is C31H24Cl2F3N3O3. The molecule has 3 aromatic carbocycles. The molecule has 0 spiro atoms. The predicted octanol–water partition coefficient (Wildman–Crippen LogP) is 8.31. The Labute approximate surface area is 249 Å². The summed E-state index contributed by atoms with van der Waals surface area (Å²) >= 11 is 12.0. The first-order chi connectivity index (χ1) is 20.2. The minimum atomic E-state index is -3.00. The average Bonchev–Trinajstić information content (AvgIpc) is 3.72. The van der Waals surface area contributed by atoms with E-state index in [2.05, 4.69) is 26.4 Å². The van der Waals surface area contributed by atoms with Gasteiger partial charge in [0.05, 0.1) is 28.4 Å². The van der Waals surface area contributed by atoms with Crippen molar-refractivity contribution in [2.45, 2.75) is 19.5 Å². The molecule has 0 saturated heterocycles. The molecule has 2 aromatic heterocycles. The average molecular weight is 614 g/mol. The van der Waals surface area contributed by atoms with Crippen LogP contribution in [0, 0.1) is 11.7 Å². The summed E-state index contributed by atoms with van der Waals surface area (Å²) in [5, 5.41) is 1.40. The second kappa shape index (κ2) is 12.8. The van der Waals surface area contributed by atoms with Gasteiger partial charge in [-0.1, -0.05) is 35.3 Å². The first kappa shape index (κ1) is 29.3. The molecule has 2 heterocycles. The van der Waals surface area contributed by atoms with Gasteiger partial charge in [0.25, 0.3) is 0 Å². The maximum absolute atomic E-state index is 13.1. The van der Waals surface area contributed by atoms with Gasteiger partial charge in [-0.2, -0.15) is 8.78 Å². The van der Waals surface area contributed by atoms with Gasteiger partial charge in [0.15, 0.2) is 0 Å². The van der Waals surface area contributed by atoms with Gasteiger partial charge < -0.3 is 19.8 Å². The summed E-state index contributed by atoms with van der Waals surface area (Å²) in [6.07, 6.45) is 7.18. The topological polar surface area (TPSA) is 79.4 Å². The van der Waals surface area contributed by atoms with E-state index in [1.54, 1.807) is 12.1 Å². The Morgan fingerprint density at radius 1 is 1.02 bits per heavy atom. The number of halogens is 5. The van der Waals surface area contributed by atoms with Crippen molar-refractivity contribution in [3.8, 4) is 28.3 Å². The monoisotopic (exact) mass is 613 g/mol. The SMILES string of the molecule is Fc1ccc(-n2cc(OCC3CC3)c3ccccc32)cc1.NC(=O)c1ccc(OC(F)F)cc1-c1c(Cl)cncc1Cl. The lowest BCUT2D eigenvalue weighted by Gasteiger charge is -2.13. The van der Waals surface area contributed by atoms with Gasteiger partial charge in [-0.15, -0.1) is 0 Å². The number of carbonyl (C=O) groups is 1. The molecule has 216 valence electrons. The van der Waals surface area contributed by atoms with Gasteiger partial charge >= 0.3 is 6.61 Å². The standard InChI is InChI=1S/C18H16FNO.C13H8Cl2F2N2O2/c19-14-7-9-15(10-8-14)20-11-18(21-12-13-5-6-13)16-3-1-2-4-17(16)20;14-9-4-19-5-10(15)11(9)8-3-6(21-13(16)17)1-2-7(8)12(18)20/h1-4,7-11,13H,5-6,12H2;1-5,13H,(H2,18,20). The minimum absolute atomic E-state index is 0.0756. The molecule has 1 aliphatic carbocycles. The Morgan fingerprint density at radius 2 is 1.71 bits per heavy atom. The molecule has 1 saturated carbocycles. The lowest BCUT2D eigenvalue weighted by molar-refractivity contribution is -0.0498. The summed E-state index contributed by atoms with van der Waals surface area (Å²) in [6, 6.07) is 18.4. The zero-order valence-electron chi connectivity index (χ0n) is 21.9. The number of rotatable bonds is 8. The molecule has 6 rings (SSSR count). The number of hydrogen-bond acceptors (Lipinski definition) is 4. The largest absolute Gasteiger partial charge is 0.491 e. The van der Waals surface area contributed by atoms with Gasteiger partial charge in [0.2, 0.25) is 5.91 Å². The summed E-state index contributed by atoms with van der Waals surface area (Å²) in [6.45, 7) is -2.21. The number of ether oxygens (including phenoxy) is 2. The number of hydrogen-bond donors (Lipinski definition) is 1. The van der Waals surface area contributed by atoms with Gasteiger partial charge in [-0.05, 0) is 73.4 Å². The number of primary amides is 1. The summed E-state index contributed by atoms with van der Waals surface area (Å²) in [5.74, 6) is 0.506. The summed E-state index contributed by atoms with van der Waals surface area (Å²) in [4.78, 5) is 15.3. The summed E-state index contributed by atoms with van der Waals surface area (Å²) < 4.78 is 50.0. The van der Waals surface area contributed by atoms with Crippen molar-refractivity contribution in [1.29, 1.82) is 0 Å². The van der Waals surface area contributed by atoms with Crippen LogP contribution >= 0.6 is 23.2 Å². The van der Waals surface area contributed by atoms with E-state index in [-0.39, 0.29) is 38.3 Å². The molecule has 0 atom stereocenters. The Morgan fingerprint density at radius 3 is 2.36 bits per heavy atom. The maximum atomic E-state index is 13.1. The van der Waals surface area contributed by atoms with Crippen LogP contribution in [0.5, 0.6) is 11.5 Å². The second-order valence-electron chi connectivity index (χ2n) is 9.54. The first-order valence-corrected chi connectivity index (χ1v) is 13.6. The molecule has 42 heavy (non-hydrogen) atoms. The van der Waals surface area contributed by atoms with Crippen LogP contribution in [0.3, 0.4) is 0 Å². The number of fused-ring (bicyclic) bond motifs is 1. The van der Waals surface area contributed by atoms with Crippen LogP contribution in [0.2, 0.25) is 10.0 Å². The van der Waals surface area contributed by atoms with Crippen LogP contribution in [0.25, 0.3) is 27.7 Å². The van der Waals surface area contributed by atoms with E-state index in [0.29, 0.717) is 0 Å². The number of para-hydroxylation sites is 1. The number of aromatic nitrogens is 2. The van der Waals surface area contributed by atoms with Crippen LogP contribution in [-0.4, -0.2) is 28.7 Å². The highest BCUT2D eigenvalue weighted by molar-refractivity contribution is 6.39. The molecular weight excluding hydrogens is 590 g/mol. The van der Waals surface area contributed by atoms with Crippen molar-refractivity contribution in [2.24, 2.45) is 11.7 Å². The normalized spacial score (nSPS) is 12.6. The fraction of sp³-hybridized carbons (Fsp3) is 0.161. The number of alkyl halides is 2. The van der Waals surface area contributed by atoms with Gasteiger partial charge in [0.1, 0.15) is 17.3 Å². The highest BCUT2D eigenvalue weighted by atomic mass is 35.5. The van der Waals surface area contributed by atoms with Crippen LogP contribution < -0.4 is 15.2 Å². The zero-order valence-corrected chi connectivity index (χ0v) is 23.5. The molecule has 1 amide bonds. The first-order valence-electron chi connectivity index (χ1n) is 12.9. The Hall–Kier alpha value is -4.21. The van der Waals surface area contributed by atoms with E-state index in [4.69, 9.17) is 33.7 Å². The summed E-state index contributed by atoms with van der Waals surface area (Å²) in [5.41, 5.74) is 7.82. The van der Waals surface area contributed by atoms with Crippen LogP contribution in [-0.2, 0) is 0 Å². The predicted molar refractivity (Wildman–Crippen MR) is 156 cm³/mol.